The van der Waals surface area contributed by atoms with E-state index in [2.05, 4.69) is 9.97 Å². The summed E-state index contributed by atoms with van der Waals surface area (Å²) in [6, 6.07) is 6.57. The molecule has 2 aromatic rings. The standard InChI is InChI=1S/C12H12FN3S/c13-10-3-1-2-4-11(10)17-12-15-7-9(5-6-14)8-16-12/h1-4,7-8H,5-6,14H2. The molecular formula is C12H12FN3S. The Labute approximate surface area is 103 Å². The van der Waals surface area contributed by atoms with Gasteiger partial charge in [0.05, 0.1) is 4.90 Å². The molecule has 17 heavy (non-hydrogen) atoms. The van der Waals surface area contributed by atoms with Crippen LogP contribution in [-0.4, -0.2) is 16.5 Å². The molecule has 0 aliphatic rings. The van der Waals surface area contributed by atoms with Crippen LogP contribution in [0.25, 0.3) is 0 Å². The molecule has 0 fully saturated rings. The molecule has 0 aliphatic carbocycles. The highest BCUT2D eigenvalue weighted by molar-refractivity contribution is 7.99. The van der Waals surface area contributed by atoms with Gasteiger partial charge in [-0.15, -0.1) is 0 Å². The Morgan fingerprint density at radius 2 is 1.88 bits per heavy atom. The molecule has 0 saturated heterocycles. The number of benzene rings is 1. The Hall–Kier alpha value is -1.46. The largest absolute Gasteiger partial charge is 0.330 e. The molecule has 1 aromatic heterocycles. The summed E-state index contributed by atoms with van der Waals surface area (Å²) in [6.07, 6.45) is 4.21. The molecule has 1 aromatic carbocycles. The van der Waals surface area contributed by atoms with Crippen LogP contribution >= 0.6 is 11.8 Å². The molecule has 88 valence electrons. The molecule has 0 spiro atoms. The fourth-order valence-electron chi connectivity index (χ4n) is 1.32. The quantitative estimate of drug-likeness (QED) is 0.844. The van der Waals surface area contributed by atoms with Crippen LogP contribution in [0.2, 0.25) is 0 Å². The lowest BCUT2D eigenvalue weighted by molar-refractivity contribution is 0.601. The van der Waals surface area contributed by atoms with Gasteiger partial charge in [0.1, 0.15) is 5.82 Å². The summed E-state index contributed by atoms with van der Waals surface area (Å²) in [6.45, 7) is 0.573. The van der Waals surface area contributed by atoms with Crippen molar-refractivity contribution in [1.82, 2.24) is 9.97 Å². The summed E-state index contributed by atoms with van der Waals surface area (Å²) in [4.78, 5) is 8.85. The smallest absolute Gasteiger partial charge is 0.192 e. The maximum absolute atomic E-state index is 13.4. The second kappa shape index (κ2) is 5.75. The van der Waals surface area contributed by atoms with Crippen LogP contribution < -0.4 is 5.73 Å². The van der Waals surface area contributed by atoms with E-state index in [1.807, 2.05) is 0 Å². The average molecular weight is 249 g/mol. The first-order chi connectivity index (χ1) is 8.29. The van der Waals surface area contributed by atoms with Gasteiger partial charge in [-0.3, -0.25) is 0 Å². The number of rotatable bonds is 4. The lowest BCUT2D eigenvalue weighted by Crippen LogP contribution is -2.03. The zero-order valence-corrected chi connectivity index (χ0v) is 9.95. The van der Waals surface area contributed by atoms with Crippen molar-refractivity contribution in [3.05, 3.63) is 48.0 Å². The van der Waals surface area contributed by atoms with Crippen molar-refractivity contribution in [2.45, 2.75) is 16.5 Å². The molecule has 5 heteroatoms. The van der Waals surface area contributed by atoms with Gasteiger partial charge in [0.25, 0.3) is 0 Å². The third-order valence-corrected chi connectivity index (χ3v) is 3.10. The summed E-state index contributed by atoms with van der Waals surface area (Å²) >= 11 is 1.21. The first-order valence-electron chi connectivity index (χ1n) is 5.23. The van der Waals surface area contributed by atoms with Crippen LogP contribution in [0.3, 0.4) is 0 Å². The summed E-state index contributed by atoms with van der Waals surface area (Å²) in [5.41, 5.74) is 6.42. The first kappa shape index (κ1) is 12.0. The normalized spacial score (nSPS) is 10.5. The second-order valence-corrected chi connectivity index (χ2v) is 4.45. The zero-order chi connectivity index (χ0) is 12.1. The maximum atomic E-state index is 13.4. The number of nitrogens with zero attached hydrogens (tertiary/aromatic N) is 2. The molecule has 0 radical (unpaired) electrons. The minimum Gasteiger partial charge on any atom is -0.330 e. The number of halogens is 1. The lowest BCUT2D eigenvalue weighted by Gasteiger charge is -2.02. The summed E-state index contributed by atoms with van der Waals surface area (Å²) in [5, 5.41) is 0.538. The maximum Gasteiger partial charge on any atom is 0.192 e. The van der Waals surface area contributed by atoms with Crippen molar-refractivity contribution in [3.8, 4) is 0 Å². The van der Waals surface area contributed by atoms with Crippen molar-refractivity contribution >= 4 is 11.8 Å². The highest BCUT2D eigenvalue weighted by Gasteiger charge is 2.05. The first-order valence-corrected chi connectivity index (χ1v) is 6.04. The Bertz CT molecular complexity index is 487. The molecule has 0 atom stereocenters. The summed E-state index contributed by atoms with van der Waals surface area (Å²) < 4.78 is 13.4. The van der Waals surface area contributed by atoms with Gasteiger partial charge < -0.3 is 5.73 Å². The molecule has 0 amide bonds. The van der Waals surface area contributed by atoms with E-state index in [0.717, 1.165) is 12.0 Å². The van der Waals surface area contributed by atoms with Crippen LogP contribution in [0.1, 0.15) is 5.56 Å². The highest BCUT2D eigenvalue weighted by atomic mass is 32.2. The predicted molar refractivity (Wildman–Crippen MR) is 65.3 cm³/mol. The van der Waals surface area contributed by atoms with Crippen molar-refractivity contribution in [2.24, 2.45) is 5.73 Å². The summed E-state index contributed by atoms with van der Waals surface area (Å²) in [5.74, 6) is -0.257. The second-order valence-electron chi connectivity index (χ2n) is 3.45. The Morgan fingerprint density at radius 1 is 1.18 bits per heavy atom. The molecule has 2 rings (SSSR count). The fraction of sp³-hybridized carbons (Fsp3) is 0.167. The number of hydrogen-bond acceptors (Lipinski definition) is 4. The molecule has 1 heterocycles. The van der Waals surface area contributed by atoms with Gasteiger partial charge >= 0.3 is 0 Å². The van der Waals surface area contributed by atoms with Gasteiger partial charge in [-0.2, -0.15) is 0 Å². The van der Waals surface area contributed by atoms with E-state index in [4.69, 9.17) is 5.73 Å². The topological polar surface area (TPSA) is 51.8 Å². The number of nitrogens with two attached hydrogens (primary N) is 1. The summed E-state index contributed by atoms with van der Waals surface area (Å²) in [7, 11) is 0. The van der Waals surface area contributed by atoms with E-state index in [9.17, 15) is 4.39 Å². The van der Waals surface area contributed by atoms with Crippen molar-refractivity contribution in [2.75, 3.05) is 6.54 Å². The predicted octanol–water partition coefficient (Wildman–Crippen LogP) is 2.27. The van der Waals surface area contributed by atoms with E-state index in [0.29, 0.717) is 16.6 Å². The van der Waals surface area contributed by atoms with Gasteiger partial charge in [0.2, 0.25) is 0 Å². The van der Waals surface area contributed by atoms with E-state index in [1.54, 1.807) is 30.6 Å². The van der Waals surface area contributed by atoms with Crippen LogP contribution in [-0.2, 0) is 6.42 Å². The lowest BCUT2D eigenvalue weighted by atomic mass is 10.2. The van der Waals surface area contributed by atoms with Gasteiger partial charge in [0, 0.05) is 12.4 Å². The highest BCUT2D eigenvalue weighted by Crippen LogP contribution is 2.26. The van der Waals surface area contributed by atoms with Crippen LogP contribution in [0.5, 0.6) is 0 Å². The van der Waals surface area contributed by atoms with Crippen molar-refractivity contribution in [1.29, 1.82) is 0 Å². The van der Waals surface area contributed by atoms with Gasteiger partial charge in [-0.05, 0) is 42.4 Å². The third-order valence-electron chi connectivity index (χ3n) is 2.15. The minimum absolute atomic E-state index is 0.257. The molecular weight excluding hydrogens is 237 g/mol. The molecule has 3 nitrogen and oxygen atoms in total. The van der Waals surface area contributed by atoms with Crippen molar-refractivity contribution in [3.63, 3.8) is 0 Å². The van der Waals surface area contributed by atoms with E-state index in [1.165, 1.54) is 17.8 Å². The van der Waals surface area contributed by atoms with Gasteiger partial charge in [-0.25, -0.2) is 14.4 Å². The molecule has 0 unspecified atom stereocenters. The van der Waals surface area contributed by atoms with E-state index >= 15 is 0 Å². The van der Waals surface area contributed by atoms with Crippen molar-refractivity contribution < 1.29 is 4.39 Å². The van der Waals surface area contributed by atoms with Gasteiger partial charge in [0.15, 0.2) is 5.16 Å². The zero-order valence-electron chi connectivity index (χ0n) is 9.14. The van der Waals surface area contributed by atoms with E-state index < -0.39 is 0 Å². The number of aromatic nitrogens is 2. The minimum atomic E-state index is -0.257. The Morgan fingerprint density at radius 3 is 2.53 bits per heavy atom. The Kier molecular flexibility index (Phi) is 4.06. The van der Waals surface area contributed by atoms with Crippen LogP contribution in [0.4, 0.5) is 4.39 Å². The van der Waals surface area contributed by atoms with E-state index in [-0.39, 0.29) is 5.82 Å². The van der Waals surface area contributed by atoms with Crippen LogP contribution in [0, 0.1) is 5.82 Å². The number of hydrogen-bond donors (Lipinski definition) is 1. The molecule has 0 bridgehead atoms. The molecule has 0 aliphatic heterocycles. The molecule has 0 saturated carbocycles. The Balaban J connectivity index is 2.11. The van der Waals surface area contributed by atoms with Gasteiger partial charge in [-0.1, -0.05) is 12.1 Å². The fourth-order valence-corrected chi connectivity index (χ4v) is 2.04. The average Bonchev–Trinajstić information content (AvgIpc) is 2.35. The third kappa shape index (κ3) is 3.25. The monoisotopic (exact) mass is 249 g/mol. The van der Waals surface area contributed by atoms with Crippen LogP contribution in [0.15, 0.2) is 46.7 Å². The molecule has 2 N–H and O–H groups in total. The SMILES string of the molecule is NCCc1cnc(Sc2ccccc2F)nc1.